The van der Waals surface area contributed by atoms with Crippen LogP contribution in [-0.4, -0.2) is 11.2 Å². The third-order valence-electron chi connectivity index (χ3n) is 2.67. The zero-order valence-corrected chi connectivity index (χ0v) is 13.4. The Balaban J connectivity index is 2.08. The van der Waals surface area contributed by atoms with Crippen LogP contribution in [0.25, 0.3) is 0 Å². The molecule has 0 spiro atoms. The molecule has 1 aromatic carbocycles. The van der Waals surface area contributed by atoms with Crippen molar-refractivity contribution >= 4 is 46.6 Å². The quantitative estimate of drug-likeness (QED) is 0.523. The molecule has 0 fully saturated rings. The fourth-order valence-electron chi connectivity index (χ4n) is 1.58. The Morgan fingerprint density at radius 2 is 1.90 bits per heavy atom. The van der Waals surface area contributed by atoms with E-state index in [2.05, 4.69) is 5.32 Å². The largest absolute Gasteiger partial charge is 0.618 e. The predicted octanol–water partition coefficient (Wildman–Crippen LogP) is 3.75. The van der Waals surface area contributed by atoms with E-state index in [1.54, 1.807) is 43.3 Å². The van der Waals surface area contributed by atoms with Crippen molar-refractivity contribution < 1.29 is 9.52 Å². The highest BCUT2D eigenvalue weighted by molar-refractivity contribution is 8.00. The average Bonchev–Trinajstić information content (AvgIpc) is 2.45. The molecule has 1 heterocycles. The summed E-state index contributed by atoms with van der Waals surface area (Å²) in [5.74, 6) is -0.279. The van der Waals surface area contributed by atoms with Crippen molar-refractivity contribution in [3.8, 4) is 0 Å². The lowest BCUT2D eigenvalue weighted by molar-refractivity contribution is -0.645. The topological polar surface area (TPSA) is 56.0 Å². The fourth-order valence-corrected chi connectivity index (χ4v) is 2.92. The third-order valence-corrected chi connectivity index (χ3v) is 4.42. The zero-order chi connectivity index (χ0) is 15.4. The van der Waals surface area contributed by atoms with Crippen molar-refractivity contribution in [3.05, 3.63) is 57.8 Å². The molecule has 0 aliphatic carbocycles. The lowest BCUT2D eigenvalue weighted by atomic mass is 10.3. The second-order valence-electron chi connectivity index (χ2n) is 4.21. The van der Waals surface area contributed by atoms with Crippen LogP contribution in [0.1, 0.15) is 6.92 Å². The van der Waals surface area contributed by atoms with Crippen LogP contribution in [0.3, 0.4) is 0 Å². The minimum absolute atomic E-state index is 0.279. The van der Waals surface area contributed by atoms with E-state index in [-0.39, 0.29) is 5.91 Å². The molecule has 1 aromatic heterocycles. The number of halogens is 2. The summed E-state index contributed by atoms with van der Waals surface area (Å²) in [4.78, 5) is 12.2. The molecular weight excluding hydrogens is 331 g/mol. The number of thioether (sulfide) groups is 1. The number of benzene rings is 1. The monoisotopic (exact) mass is 342 g/mol. The van der Waals surface area contributed by atoms with Crippen molar-refractivity contribution in [1.29, 1.82) is 0 Å². The molecule has 0 aliphatic heterocycles. The van der Waals surface area contributed by atoms with Crippen LogP contribution in [0.4, 0.5) is 5.69 Å². The highest BCUT2D eigenvalue weighted by Crippen LogP contribution is 2.31. The number of para-hydroxylation sites is 1. The molecule has 7 heteroatoms. The molecular formula is C14H12Cl2N2O2S. The molecule has 2 rings (SSSR count). The first-order valence-corrected chi connectivity index (χ1v) is 7.72. The van der Waals surface area contributed by atoms with E-state index in [4.69, 9.17) is 23.2 Å². The highest BCUT2D eigenvalue weighted by atomic mass is 35.5. The van der Waals surface area contributed by atoms with E-state index >= 15 is 0 Å². The molecule has 0 saturated carbocycles. The van der Waals surface area contributed by atoms with Gasteiger partial charge in [-0.3, -0.25) is 4.79 Å². The second kappa shape index (κ2) is 7.02. The van der Waals surface area contributed by atoms with Gasteiger partial charge in [0.15, 0.2) is 6.20 Å². The molecule has 0 saturated heterocycles. The Kier molecular flexibility index (Phi) is 5.33. The van der Waals surface area contributed by atoms with E-state index in [9.17, 15) is 10.0 Å². The fraction of sp³-hybridized carbons (Fsp3) is 0.143. The van der Waals surface area contributed by atoms with E-state index < -0.39 is 5.25 Å². The number of rotatable bonds is 4. The molecule has 4 nitrogen and oxygen atoms in total. The summed E-state index contributed by atoms with van der Waals surface area (Å²) in [5.41, 5.74) is 0.376. The zero-order valence-electron chi connectivity index (χ0n) is 11.0. The van der Waals surface area contributed by atoms with Gasteiger partial charge in [0.1, 0.15) is 0 Å². The molecule has 1 unspecified atom stereocenters. The molecule has 1 amide bonds. The number of amides is 1. The summed E-state index contributed by atoms with van der Waals surface area (Å²) < 4.78 is 0.719. The first-order chi connectivity index (χ1) is 9.99. The Morgan fingerprint density at radius 1 is 1.24 bits per heavy atom. The SMILES string of the molecule is CC(Sc1cccc[n+]1[O-])C(=O)Nc1c(Cl)cccc1Cl. The van der Waals surface area contributed by atoms with Crippen molar-refractivity contribution in [3.63, 3.8) is 0 Å². The third kappa shape index (κ3) is 4.03. The first kappa shape index (κ1) is 15.9. The summed E-state index contributed by atoms with van der Waals surface area (Å²) >= 11 is 13.2. The maximum absolute atomic E-state index is 12.2. The van der Waals surface area contributed by atoms with Crippen LogP contribution in [0, 0.1) is 5.21 Å². The Morgan fingerprint density at radius 3 is 2.52 bits per heavy atom. The van der Waals surface area contributed by atoms with Crippen molar-refractivity contribution in [1.82, 2.24) is 0 Å². The summed E-state index contributed by atoms with van der Waals surface area (Å²) in [7, 11) is 0. The summed E-state index contributed by atoms with van der Waals surface area (Å²) in [6.07, 6.45) is 1.39. The van der Waals surface area contributed by atoms with E-state index in [0.29, 0.717) is 20.8 Å². The molecule has 0 radical (unpaired) electrons. The molecule has 21 heavy (non-hydrogen) atoms. The maximum atomic E-state index is 12.2. The van der Waals surface area contributed by atoms with Crippen LogP contribution < -0.4 is 10.0 Å². The summed E-state index contributed by atoms with van der Waals surface area (Å²) in [6.45, 7) is 1.71. The minimum Gasteiger partial charge on any atom is -0.618 e. The molecule has 1 N–H and O–H groups in total. The Hall–Kier alpha value is -1.43. The van der Waals surface area contributed by atoms with Crippen LogP contribution >= 0.6 is 35.0 Å². The standard InChI is InChI=1S/C14H12Cl2N2O2S/c1-9(21-12-7-2-3-8-18(12)20)14(19)17-13-10(15)5-4-6-11(13)16/h2-9H,1H3,(H,17,19). The van der Waals surface area contributed by atoms with E-state index in [0.717, 1.165) is 16.5 Å². The van der Waals surface area contributed by atoms with Crippen LogP contribution in [0.2, 0.25) is 10.0 Å². The van der Waals surface area contributed by atoms with Crippen molar-refractivity contribution in [2.45, 2.75) is 17.2 Å². The van der Waals surface area contributed by atoms with Gasteiger partial charge < -0.3 is 10.5 Å². The number of aromatic nitrogens is 1. The smallest absolute Gasteiger partial charge is 0.252 e. The van der Waals surface area contributed by atoms with E-state index in [1.165, 1.54) is 6.20 Å². The van der Waals surface area contributed by atoms with Gasteiger partial charge in [-0.05, 0) is 36.9 Å². The Bertz CT molecular complexity index is 647. The maximum Gasteiger partial charge on any atom is 0.252 e. The summed E-state index contributed by atoms with van der Waals surface area (Å²) in [6, 6.07) is 10.0. The number of pyridine rings is 1. The number of hydrogen-bond donors (Lipinski definition) is 1. The first-order valence-electron chi connectivity index (χ1n) is 6.09. The normalized spacial score (nSPS) is 12.0. The molecule has 2 aromatic rings. The van der Waals surface area contributed by atoms with Crippen molar-refractivity contribution in [2.24, 2.45) is 0 Å². The number of anilines is 1. The van der Waals surface area contributed by atoms with Gasteiger partial charge in [0.25, 0.3) is 5.03 Å². The van der Waals surface area contributed by atoms with Gasteiger partial charge in [-0.25, -0.2) is 0 Å². The van der Waals surface area contributed by atoms with Gasteiger partial charge in [0, 0.05) is 12.1 Å². The van der Waals surface area contributed by atoms with Gasteiger partial charge in [-0.15, -0.1) is 0 Å². The molecule has 1 atom stereocenters. The van der Waals surface area contributed by atoms with Gasteiger partial charge in [0.05, 0.1) is 21.0 Å². The number of nitrogens with one attached hydrogen (secondary N) is 1. The van der Waals surface area contributed by atoms with E-state index in [1.807, 2.05) is 0 Å². The summed E-state index contributed by atoms with van der Waals surface area (Å²) in [5, 5.41) is 15.0. The van der Waals surface area contributed by atoms with Crippen LogP contribution in [0.5, 0.6) is 0 Å². The lowest BCUT2D eigenvalue weighted by Crippen LogP contribution is -2.30. The number of hydrogen-bond acceptors (Lipinski definition) is 3. The van der Waals surface area contributed by atoms with Gasteiger partial charge in [0.2, 0.25) is 5.91 Å². The average molecular weight is 343 g/mol. The number of carbonyl (C=O) groups excluding carboxylic acids is 1. The van der Waals surface area contributed by atoms with Crippen molar-refractivity contribution in [2.75, 3.05) is 5.32 Å². The highest BCUT2D eigenvalue weighted by Gasteiger charge is 2.20. The lowest BCUT2D eigenvalue weighted by Gasteiger charge is -2.13. The van der Waals surface area contributed by atoms with Gasteiger partial charge in [-0.1, -0.05) is 29.3 Å². The van der Waals surface area contributed by atoms with Crippen LogP contribution in [-0.2, 0) is 4.79 Å². The molecule has 110 valence electrons. The molecule has 0 aliphatic rings. The minimum atomic E-state index is -0.472. The van der Waals surface area contributed by atoms with Gasteiger partial charge in [-0.2, -0.15) is 4.73 Å². The number of nitrogens with zero attached hydrogens (tertiary/aromatic N) is 1. The molecule has 0 bridgehead atoms. The predicted molar refractivity (Wildman–Crippen MR) is 85.8 cm³/mol. The second-order valence-corrected chi connectivity index (χ2v) is 6.39. The van der Waals surface area contributed by atoms with Crippen LogP contribution in [0.15, 0.2) is 47.6 Å². The van der Waals surface area contributed by atoms with Gasteiger partial charge >= 0.3 is 0 Å². The Labute approximate surface area is 136 Å². The number of carbonyl (C=O) groups is 1.